The zero-order valence-electron chi connectivity index (χ0n) is 7.10. The van der Waals surface area contributed by atoms with Crippen LogP contribution in [0.5, 0.6) is 0 Å². The molecule has 0 aliphatic rings. The lowest BCUT2D eigenvalue weighted by Crippen LogP contribution is -1.80. The Balaban J connectivity index is 2.93. The van der Waals surface area contributed by atoms with Crippen molar-refractivity contribution >= 4 is 33.1 Å². The number of aryl methyl sites for hydroxylation is 1. The van der Waals surface area contributed by atoms with Crippen molar-refractivity contribution in [1.29, 1.82) is 0 Å². The number of carbonyl (C=O) groups is 1. The molecule has 1 N–H and O–H groups in total. The molecule has 0 aliphatic carbocycles. The second-order valence-corrected chi connectivity index (χ2v) is 3.77. The first kappa shape index (κ1) is 8.51. The van der Waals surface area contributed by atoms with Crippen LogP contribution in [0.2, 0.25) is 0 Å². The van der Waals surface area contributed by atoms with Crippen LogP contribution in [-0.2, 0) is 0 Å². The maximum atomic E-state index is 10.7. The first-order chi connectivity index (χ1) is 6.24. The highest BCUT2D eigenvalue weighted by Gasteiger charge is 2.07. The molecule has 1 aromatic heterocycles. The molecule has 0 aliphatic heterocycles. The normalized spacial score (nSPS) is 10.6. The highest BCUT2D eigenvalue weighted by atomic mass is 79.9. The van der Waals surface area contributed by atoms with E-state index in [2.05, 4.69) is 20.9 Å². The SMILES string of the molecule is Cc1ccc2[nH]cc(C=O)c2c1Br. The summed E-state index contributed by atoms with van der Waals surface area (Å²) in [6, 6.07) is 3.99. The van der Waals surface area contributed by atoms with Gasteiger partial charge >= 0.3 is 0 Å². The van der Waals surface area contributed by atoms with E-state index in [1.807, 2.05) is 19.1 Å². The van der Waals surface area contributed by atoms with Gasteiger partial charge in [0, 0.05) is 27.1 Å². The van der Waals surface area contributed by atoms with Crippen molar-refractivity contribution in [2.45, 2.75) is 6.92 Å². The fourth-order valence-electron chi connectivity index (χ4n) is 1.40. The number of hydrogen-bond acceptors (Lipinski definition) is 1. The fourth-order valence-corrected chi connectivity index (χ4v) is 1.98. The van der Waals surface area contributed by atoms with Crippen molar-refractivity contribution in [1.82, 2.24) is 4.98 Å². The standard InChI is InChI=1S/C10H8BrNO/c1-6-2-3-8-9(10(6)11)7(5-13)4-12-8/h2-5,12H,1H3. The number of aldehydes is 1. The Morgan fingerprint density at radius 2 is 2.23 bits per heavy atom. The van der Waals surface area contributed by atoms with Crippen molar-refractivity contribution in [3.63, 3.8) is 0 Å². The van der Waals surface area contributed by atoms with Crippen molar-refractivity contribution in [3.05, 3.63) is 33.9 Å². The number of benzene rings is 1. The number of nitrogens with one attached hydrogen (secondary N) is 1. The second kappa shape index (κ2) is 3.00. The first-order valence-corrected chi connectivity index (χ1v) is 4.74. The van der Waals surface area contributed by atoms with Gasteiger partial charge in [0.1, 0.15) is 0 Å². The summed E-state index contributed by atoms with van der Waals surface area (Å²) in [5, 5.41) is 0.968. The Morgan fingerprint density at radius 3 is 2.92 bits per heavy atom. The lowest BCUT2D eigenvalue weighted by atomic mass is 10.1. The Bertz CT molecular complexity index is 473. The van der Waals surface area contributed by atoms with Crippen LogP contribution in [0.3, 0.4) is 0 Å². The molecule has 0 bridgehead atoms. The Hall–Kier alpha value is -1.09. The number of aromatic nitrogens is 1. The number of fused-ring (bicyclic) bond motifs is 1. The minimum Gasteiger partial charge on any atom is -0.360 e. The third-order valence-electron chi connectivity index (χ3n) is 2.13. The van der Waals surface area contributed by atoms with E-state index in [4.69, 9.17) is 0 Å². The van der Waals surface area contributed by atoms with Crippen molar-refractivity contribution in [2.24, 2.45) is 0 Å². The van der Waals surface area contributed by atoms with Gasteiger partial charge in [-0.05, 0) is 34.5 Å². The summed E-state index contributed by atoms with van der Waals surface area (Å²) in [6.45, 7) is 2.01. The van der Waals surface area contributed by atoms with Crippen LogP contribution in [0.25, 0.3) is 10.9 Å². The Kier molecular flexibility index (Phi) is 1.96. The quantitative estimate of drug-likeness (QED) is 0.761. The molecule has 0 saturated carbocycles. The highest BCUT2D eigenvalue weighted by molar-refractivity contribution is 9.10. The molecule has 2 rings (SSSR count). The number of rotatable bonds is 1. The molecule has 0 radical (unpaired) electrons. The number of halogens is 1. The minimum atomic E-state index is 0.700. The number of aromatic amines is 1. The van der Waals surface area contributed by atoms with Crippen molar-refractivity contribution in [2.75, 3.05) is 0 Å². The molecule has 0 unspecified atom stereocenters. The molecule has 0 fully saturated rings. The van der Waals surface area contributed by atoms with Crippen LogP contribution in [0.1, 0.15) is 15.9 Å². The molecule has 1 aromatic carbocycles. The summed E-state index contributed by atoms with van der Waals surface area (Å²) in [4.78, 5) is 13.8. The molecular weight excluding hydrogens is 230 g/mol. The Morgan fingerprint density at radius 1 is 1.46 bits per heavy atom. The summed E-state index contributed by atoms with van der Waals surface area (Å²) >= 11 is 3.47. The monoisotopic (exact) mass is 237 g/mol. The molecule has 0 saturated heterocycles. The van der Waals surface area contributed by atoms with E-state index in [-0.39, 0.29) is 0 Å². The van der Waals surface area contributed by atoms with E-state index in [0.29, 0.717) is 5.56 Å². The van der Waals surface area contributed by atoms with Crippen LogP contribution in [0.15, 0.2) is 22.8 Å². The smallest absolute Gasteiger partial charge is 0.152 e. The van der Waals surface area contributed by atoms with Gasteiger partial charge in [0.2, 0.25) is 0 Å². The van der Waals surface area contributed by atoms with Crippen molar-refractivity contribution in [3.8, 4) is 0 Å². The lowest BCUT2D eigenvalue weighted by molar-refractivity contribution is 0.112. The molecule has 3 heteroatoms. The van der Waals surface area contributed by atoms with Gasteiger partial charge in [0.05, 0.1) is 0 Å². The maximum absolute atomic E-state index is 10.7. The van der Waals surface area contributed by atoms with Crippen LogP contribution in [0, 0.1) is 6.92 Å². The highest BCUT2D eigenvalue weighted by Crippen LogP contribution is 2.28. The van der Waals surface area contributed by atoms with Gasteiger partial charge in [-0.2, -0.15) is 0 Å². The average Bonchev–Trinajstić information content (AvgIpc) is 2.55. The molecule has 0 atom stereocenters. The summed E-state index contributed by atoms with van der Waals surface area (Å²) < 4.78 is 0.994. The van der Waals surface area contributed by atoms with E-state index in [9.17, 15) is 4.79 Å². The number of carbonyl (C=O) groups excluding carboxylic acids is 1. The molecule has 1 heterocycles. The van der Waals surface area contributed by atoms with E-state index in [1.165, 1.54) is 0 Å². The van der Waals surface area contributed by atoms with Gasteiger partial charge < -0.3 is 4.98 Å². The summed E-state index contributed by atoms with van der Waals surface area (Å²) in [6.07, 6.45) is 2.59. The zero-order chi connectivity index (χ0) is 9.42. The number of H-pyrrole nitrogens is 1. The largest absolute Gasteiger partial charge is 0.360 e. The third-order valence-corrected chi connectivity index (χ3v) is 3.16. The van der Waals surface area contributed by atoms with E-state index >= 15 is 0 Å². The van der Waals surface area contributed by atoms with Crippen LogP contribution in [-0.4, -0.2) is 11.3 Å². The van der Waals surface area contributed by atoms with Crippen LogP contribution in [0.4, 0.5) is 0 Å². The fraction of sp³-hybridized carbons (Fsp3) is 0.100. The maximum Gasteiger partial charge on any atom is 0.152 e. The predicted octanol–water partition coefficient (Wildman–Crippen LogP) is 3.05. The van der Waals surface area contributed by atoms with Crippen LogP contribution < -0.4 is 0 Å². The third kappa shape index (κ3) is 1.20. The van der Waals surface area contributed by atoms with E-state index in [1.54, 1.807) is 6.20 Å². The lowest BCUT2D eigenvalue weighted by Gasteiger charge is -1.99. The average molecular weight is 238 g/mol. The second-order valence-electron chi connectivity index (χ2n) is 2.98. The van der Waals surface area contributed by atoms with Crippen molar-refractivity contribution < 1.29 is 4.79 Å². The van der Waals surface area contributed by atoms with Gasteiger partial charge in [0.15, 0.2) is 6.29 Å². The zero-order valence-corrected chi connectivity index (χ0v) is 8.68. The van der Waals surface area contributed by atoms with Gasteiger partial charge in [0.25, 0.3) is 0 Å². The molecule has 2 aromatic rings. The van der Waals surface area contributed by atoms with Gasteiger partial charge in [-0.25, -0.2) is 0 Å². The first-order valence-electron chi connectivity index (χ1n) is 3.95. The van der Waals surface area contributed by atoms with Gasteiger partial charge in [-0.3, -0.25) is 4.79 Å². The summed E-state index contributed by atoms with van der Waals surface area (Å²) in [5.41, 5.74) is 2.82. The summed E-state index contributed by atoms with van der Waals surface area (Å²) in [5.74, 6) is 0. The molecular formula is C10H8BrNO. The molecule has 0 amide bonds. The summed E-state index contributed by atoms with van der Waals surface area (Å²) in [7, 11) is 0. The number of hydrogen-bond donors (Lipinski definition) is 1. The predicted molar refractivity (Wildman–Crippen MR) is 56.1 cm³/mol. The topological polar surface area (TPSA) is 32.9 Å². The van der Waals surface area contributed by atoms with E-state index in [0.717, 1.165) is 27.2 Å². The molecule has 0 spiro atoms. The Labute approximate surface area is 84.1 Å². The molecule has 13 heavy (non-hydrogen) atoms. The van der Waals surface area contributed by atoms with E-state index < -0.39 is 0 Å². The van der Waals surface area contributed by atoms with Crippen LogP contribution >= 0.6 is 15.9 Å². The van der Waals surface area contributed by atoms with Gasteiger partial charge in [-0.1, -0.05) is 6.07 Å². The van der Waals surface area contributed by atoms with Gasteiger partial charge in [-0.15, -0.1) is 0 Å². The minimum absolute atomic E-state index is 0.700. The molecule has 2 nitrogen and oxygen atoms in total. The molecule has 66 valence electrons.